The van der Waals surface area contributed by atoms with Crippen molar-refractivity contribution >= 4 is 28.5 Å². The van der Waals surface area contributed by atoms with Gasteiger partial charge >= 0.3 is 5.97 Å². The summed E-state index contributed by atoms with van der Waals surface area (Å²) >= 11 is 0. The molecule has 0 atom stereocenters. The molecule has 0 fully saturated rings. The molecule has 0 aliphatic heterocycles. The van der Waals surface area contributed by atoms with E-state index in [-0.39, 0.29) is 5.69 Å². The third kappa shape index (κ3) is 4.15. The summed E-state index contributed by atoms with van der Waals surface area (Å²) in [4.78, 5) is 29.8. The van der Waals surface area contributed by atoms with E-state index < -0.39 is 30.1 Å². The van der Waals surface area contributed by atoms with Crippen LogP contribution in [0.3, 0.4) is 0 Å². The number of esters is 1. The molecular weight excluding hydrogens is 390 g/mol. The number of para-hydroxylation sites is 1. The number of nitrogens with zero attached hydrogens (tertiary/aromatic N) is 1. The van der Waals surface area contributed by atoms with Crippen molar-refractivity contribution in [3.05, 3.63) is 70.9 Å². The molecule has 30 heavy (non-hydrogen) atoms. The van der Waals surface area contributed by atoms with Gasteiger partial charge in [-0.25, -0.2) is 13.6 Å². The van der Waals surface area contributed by atoms with Crippen LogP contribution >= 0.6 is 0 Å². The highest BCUT2D eigenvalue weighted by molar-refractivity contribution is 6.06. The Kier molecular flexibility index (Phi) is 5.70. The molecule has 3 aromatic rings. The minimum absolute atomic E-state index is 0.306. The molecule has 0 spiro atoms. The normalized spacial score (nSPS) is 13.4. The number of rotatable bonds is 4. The number of ether oxygens (including phenoxy) is 1. The van der Waals surface area contributed by atoms with Gasteiger partial charge in [0, 0.05) is 17.1 Å². The first kappa shape index (κ1) is 19.9. The Morgan fingerprint density at radius 3 is 2.70 bits per heavy atom. The number of amides is 1. The average Bonchev–Trinajstić information content (AvgIpc) is 2.98. The molecule has 0 saturated heterocycles. The van der Waals surface area contributed by atoms with Crippen LogP contribution in [0.2, 0.25) is 0 Å². The zero-order valence-corrected chi connectivity index (χ0v) is 16.2. The highest BCUT2D eigenvalue weighted by Gasteiger charge is 2.23. The van der Waals surface area contributed by atoms with Gasteiger partial charge in [0.2, 0.25) is 0 Å². The van der Waals surface area contributed by atoms with Gasteiger partial charge in [-0.05, 0) is 49.4 Å². The van der Waals surface area contributed by atoms with E-state index >= 15 is 0 Å². The molecule has 1 amide bonds. The van der Waals surface area contributed by atoms with E-state index in [1.165, 1.54) is 0 Å². The molecule has 0 radical (unpaired) electrons. The Morgan fingerprint density at radius 2 is 1.83 bits per heavy atom. The van der Waals surface area contributed by atoms with Gasteiger partial charge in [0.25, 0.3) is 5.91 Å². The number of pyridine rings is 1. The molecule has 2 aromatic carbocycles. The van der Waals surface area contributed by atoms with Gasteiger partial charge in [0.05, 0.1) is 16.8 Å². The molecule has 5 nitrogen and oxygen atoms in total. The number of nitrogens with one attached hydrogen (secondary N) is 1. The highest BCUT2D eigenvalue weighted by atomic mass is 19.1. The lowest BCUT2D eigenvalue weighted by Crippen LogP contribution is -2.22. The quantitative estimate of drug-likeness (QED) is 0.505. The number of anilines is 1. The summed E-state index contributed by atoms with van der Waals surface area (Å²) in [5.74, 6) is -2.84. The van der Waals surface area contributed by atoms with Gasteiger partial charge in [-0.1, -0.05) is 24.6 Å². The minimum atomic E-state index is -0.776. The predicted octanol–water partition coefficient (Wildman–Crippen LogP) is 4.58. The number of fused-ring (bicyclic) bond motifs is 2. The molecule has 154 valence electrons. The van der Waals surface area contributed by atoms with Gasteiger partial charge in [0.1, 0.15) is 11.6 Å². The van der Waals surface area contributed by atoms with Crippen LogP contribution in [-0.4, -0.2) is 23.5 Å². The van der Waals surface area contributed by atoms with E-state index in [1.807, 2.05) is 24.3 Å². The van der Waals surface area contributed by atoms with Gasteiger partial charge in [-0.3, -0.25) is 9.78 Å². The van der Waals surface area contributed by atoms with Crippen molar-refractivity contribution in [1.82, 2.24) is 4.98 Å². The third-order valence-corrected chi connectivity index (χ3v) is 5.16. The maximum Gasteiger partial charge on any atom is 0.339 e. The Bertz CT molecular complexity index is 1130. The standard InChI is InChI=1S/C23H20F2N2O3/c24-14-10-11-17(25)20(12-14)27-21(28)13-30-23(29)22-15-6-2-1-3-8-18(15)26-19-9-5-4-7-16(19)22/h4-5,7,9-12H,1-3,6,8,13H2,(H,27,28). The lowest BCUT2D eigenvalue weighted by molar-refractivity contribution is -0.119. The molecule has 1 aliphatic rings. The monoisotopic (exact) mass is 410 g/mol. The molecule has 0 unspecified atom stereocenters. The summed E-state index contributed by atoms with van der Waals surface area (Å²) in [6.45, 7) is -0.611. The van der Waals surface area contributed by atoms with Crippen molar-refractivity contribution in [2.45, 2.75) is 32.1 Å². The molecule has 1 aromatic heterocycles. The van der Waals surface area contributed by atoms with Crippen molar-refractivity contribution in [1.29, 1.82) is 0 Å². The van der Waals surface area contributed by atoms with E-state index in [1.54, 1.807) is 0 Å². The molecular formula is C23H20F2N2O3. The number of carbonyl (C=O) groups is 2. The Morgan fingerprint density at radius 1 is 1.03 bits per heavy atom. The van der Waals surface area contributed by atoms with Crippen LogP contribution in [0, 0.1) is 11.6 Å². The van der Waals surface area contributed by atoms with Crippen LogP contribution in [-0.2, 0) is 22.4 Å². The molecule has 1 N–H and O–H groups in total. The number of carbonyl (C=O) groups excluding carboxylic acids is 2. The Labute approximate surface area is 172 Å². The maximum absolute atomic E-state index is 13.7. The lowest BCUT2D eigenvalue weighted by Gasteiger charge is -2.15. The fourth-order valence-electron chi connectivity index (χ4n) is 3.77. The van der Waals surface area contributed by atoms with Gasteiger partial charge in [-0.2, -0.15) is 0 Å². The summed E-state index contributed by atoms with van der Waals surface area (Å²) < 4.78 is 32.2. The first-order valence-corrected chi connectivity index (χ1v) is 9.85. The molecule has 1 aliphatic carbocycles. The van der Waals surface area contributed by atoms with E-state index in [4.69, 9.17) is 9.72 Å². The van der Waals surface area contributed by atoms with Gasteiger partial charge in [-0.15, -0.1) is 0 Å². The van der Waals surface area contributed by atoms with Gasteiger partial charge in [0.15, 0.2) is 6.61 Å². The Hall–Kier alpha value is -3.35. The van der Waals surface area contributed by atoms with Crippen molar-refractivity contribution in [3.63, 3.8) is 0 Å². The number of aromatic nitrogens is 1. The van der Waals surface area contributed by atoms with Crippen LogP contribution in [0.15, 0.2) is 42.5 Å². The van der Waals surface area contributed by atoms with Crippen molar-refractivity contribution in [2.24, 2.45) is 0 Å². The summed E-state index contributed by atoms with van der Waals surface area (Å²) in [6, 6.07) is 10.1. The zero-order valence-electron chi connectivity index (χ0n) is 16.2. The third-order valence-electron chi connectivity index (χ3n) is 5.16. The predicted molar refractivity (Wildman–Crippen MR) is 108 cm³/mol. The maximum atomic E-state index is 13.7. The number of benzene rings is 2. The molecule has 0 saturated carbocycles. The summed E-state index contributed by atoms with van der Waals surface area (Å²) in [5.41, 5.74) is 2.59. The summed E-state index contributed by atoms with van der Waals surface area (Å²) in [7, 11) is 0. The first-order valence-electron chi connectivity index (χ1n) is 9.85. The fraction of sp³-hybridized carbons (Fsp3) is 0.261. The van der Waals surface area contributed by atoms with Crippen molar-refractivity contribution < 1.29 is 23.1 Å². The van der Waals surface area contributed by atoms with Crippen LogP contribution < -0.4 is 5.32 Å². The Balaban J connectivity index is 1.56. The second kappa shape index (κ2) is 8.57. The van der Waals surface area contributed by atoms with Crippen molar-refractivity contribution in [3.8, 4) is 0 Å². The minimum Gasteiger partial charge on any atom is -0.452 e. The van der Waals surface area contributed by atoms with Crippen LogP contribution in [0.25, 0.3) is 10.9 Å². The zero-order chi connectivity index (χ0) is 21.1. The van der Waals surface area contributed by atoms with Crippen LogP contribution in [0.1, 0.15) is 40.9 Å². The van der Waals surface area contributed by atoms with Crippen LogP contribution in [0.5, 0.6) is 0 Å². The lowest BCUT2D eigenvalue weighted by atomic mass is 9.97. The fourth-order valence-corrected chi connectivity index (χ4v) is 3.77. The van der Waals surface area contributed by atoms with E-state index in [0.717, 1.165) is 61.6 Å². The first-order chi connectivity index (χ1) is 14.5. The molecule has 1 heterocycles. The van der Waals surface area contributed by atoms with Crippen LogP contribution in [0.4, 0.5) is 14.5 Å². The van der Waals surface area contributed by atoms with E-state index in [9.17, 15) is 18.4 Å². The molecule has 7 heteroatoms. The number of hydrogen-bond donors (Lipinski definition) is 1. The van der Waals surface area contributed by atoms with E-state index in [2.05, 4.69) is 5.32 Å². The largest absolute Gasteiger partial charge is 0.452 e. The van der Waals surface area contributed by atoms with E-state index in [0.29, 0.717) is 16.5 Å². The molecule has 4 rings (SSSR count). The number of aryl methyl sites for hydroxylation is 1. The smallest absolute Gasteiger partial charge is 0.339 e. The summed E-state index contributed by atoms with van der Waals surface area (Å²) in [6.07, 6.45) is 4.53. The topological polar surface area (TPSA) is 68.3 Å². The second-order valence-electron chi connectivity index (χ2n) is 7.24. The SMILES string of the molecule is O=C(COC(=O)c1c2c(nc3ccccc13)CCCCC2)Nc1cc(F)ccc1F. The second-order valence-corrected chi connectivity index (χ2v) is 7.24. The van der Waals surface area contributed by atoms with Crippen molar-refractivity contribution in [2.75, 3.05) is 11.9 Å². The molecule has 0 bridgehead atoms. The number of halogens is 2. The number of hydrogen-bond acceptors (Lipinski definition) is 4. The summed E-state index contributed by atoms with van der Waals surface area (Å²) in [5, 5.41) is 2.90. The van der Waals surface area contributed by atoms with Gasteiger partial charge < -0.3 is 10.1 Å². The highest BCUT2D eigenvalue weighted by Crippen LogP contribution is 2.29. The average molecular weight is 410 g/mol.